The van der Waals surface area contributed by atoms with Crippen LogP contribution in [0, 0.1) is 5.92 Å². The second-order valence-electron chi connectivity index (χ2n) is 7.83. The van der Waals surface area contributed by atoms with Gasteiger partial charge in [0.25, 0.3) is 0 Å². The molecule has 3 aromatic rings. The molecule has 5 rings (SSSR count). The zero-order chi connectivity index (χ0) is 19.8. The Labute approximate surface area is 174 Å². The average molecular weight is 411 g/mol. The summed E-state index contributed by atoms with van der Waals surface area (Å²) in [7, 11) is 0. The third-order valence-corrected chi connectivity index (χ3v) is 6.01. The Kier molecular flexibility index (Phi) is 5.04. The van der Waals surface area contributed by atoms with Crippen LogP contribution in [0.4, 0.5) is 0 Å². The van der Waals surface area contributed by atoms with Crippen molar-refractivity contribution >= 4 is 22.5 Å². The highest BCUT2D eigenvalue weighted by Crippen LogP contribution is 2.37. The molecule has 1 N–H and O–H groups in total. The lowest BCUT2D eigenvalue weighted by atomic mass is 9.97. The number of hydrogen-bond acceptors (Lipinski definition) is 5. The normalized spacial score (nSPS) is 19.0. The summed E-state index contributed by atoms with van der Waals surface area (Å²) in [5.74, 6) is 1.86. The highest BCUT2D eigenvalue weighted by molar-refractivity contribution is 6.30. The first-order valence-electron chi connectivity index (χ1n) is 10.0. The van der Waals surface area contributed by atoms with E-state index in [0.717, 1.165) is 71.7 Å². The van der Waals surface area contributed by atoms with E-state index in [1.807, 2.05) is 36.4 Å². The van der Waals surface area contributed by atoms with Gasteiger partial charge in [-0.1, -0.05) is 23.7 Å². The summed E-state index contributed by atoms with van der Waals surface area (Å²) in [4.78, 5) is 7.42. The molecule has 0 amide bonds. The summed E-state index contributed by atoms with van der Waals surface area (Å²) in [5, 5.41) is 11.3. The summed E-state index contributed by atoms with van der Waals surface area (Å²) in [6.07, 6.45) is 2.21. The van der Waals surface area contributed by atoms with E-state index in [2.05, 4.69) is 11.0 Å². The lowest BCUT2D eigenvalue weighted by molar-refractivity contribution is 0.116. The number of aliphatic hydroxyl groups excluding tert-OH is 1. The molecule has 1 saturated heterocycles. The lowest BCUT2D eigenvalue weighted by Crippen LogP contribution is -2.36. The van der Waals surface area contributed by atoms with Crippen molar-refractivity contribution in [3.63, 3.8) is 0 Å². The maximum absolute atomic E-state index is 9.59. The first kappa shape index (κ1) is 18.7. The molecule has 0 bridgehead atoms. The number of fused-ring (bicyclic) bond motifs is 2. The van der Waals surface area contributed by atoms with Crippen molar-refractivity contribution in [3.8, 4) is 22.8 Å². The monoisotopic (exact) mass is 410 g/mol. The second-order valence-corrected chi connectivity index (χ2v) is 8.26. The molecule has 0 radical (unpaired) electrons. The number of piperidine rings is 1. The van der Waals surface area contributed by atoms with Crippen LogP contribution in [0.15, 0.2) is 42.5 Å². The number of hydrogen-bond donors (Lipinski definition) is 1. The van der Waals surface area contributed by atoms with Crippen molar-refractivity contribution in [2.75, 3.05) is 26.5 Å². The van der Waals surface area contributed by atoms with Crippen LogP contribution in [0.3, 0.4) is 0 Å². The van der Waals surface area contributed by atoms with Crippen LogP contribution in [-0.4, -0.2) is 41.5 Å². The molecular weight excluding hydrogens is 388 g/mol. The van der Waals surface area contributed by atoms with Gasteiger partial charge in [-0.15, -0.1) is 0 Å². The minimum absolute atomic E-state index is 0.249. The fourth-order valence-corrected chi connectivity index (χ4v) is 4.40. The van der Waals surface area contributed by atoms with Crippen molar-refractivity contribution in [1.29, 1.82) is 0 Å². The van der Waals surface area contributed by atoms with Gasteiger partial charge < -0.3 is 14.6 Å². The van der Waals surface area contributed by atoms with Crippen LogP contribution in [-0.2, 0) is 6.54 Å². The van der Waals surface area contributed by atoms with Gasteiger partial charge in [-0.3, -0.25) is 4.90 Å². The Morgan fingerprint density at radius 1 is 1.10 bits per heavy atom. The van der Waals surface area contributed by atoms with Gasteiger partial charge in [0.2, 0.25) is 6.79 Å². The van der Waals surface area contributed by atoms with Gasteiger partial charge in [-0.05, 0) is 55.1 Å². The third kappa shape index (κ3) is 3.78. The van der Waals surface area contributed by atoms with E-state index < -0.39 is 0 Å². The van der Waals surface area contributed by atoms with Crippen molar-refractivity contribution in [2.45, 2.75) is 19.4 Å². The van der Waals surface area contributed by atoms with Crippen molar-refractivity contribution in [2.24, 2.45) is 5.92 Å². The topological polar surface area (TPSA) is 54.8 Å². The molecule has 1 fully saturated rings. The molecule has 6 heteroatoms. The van der Waals surface area contributed by atoms with E-state index in [1.54, 1.807) is 0 Å². The van der Waals surface area contributed by atoms with Gasteiger partial charge in [-0.2, -0.15) is 0 Å². The zero-order valence-corrected chi connectivity index (χ0v) is 16.9. The molecule has 150 valence electrons. The maximum Gasteiger partial charge on any atom is 0.231 e. The van der Waals surface area contributed by atoms with Gasteiger partial charge in [0.15, 0.2) is 11.5 Å². The number of aliphatic hydroxyl groups is 1. The minimum Gasteiger partial charge on any atom is -0.454 e. The zero-order valence-electron chi connectivity index (χ0n) is 16.1. The Bertz CT molecular complexity index is 1040. The van der Waals surface area contributed by atoms with E-state index >= 15 is 0 Å². The molecule has 1 aromatic heterocycles. The smallest absolute Gasteiger partial charge is 0.231 e. The number of rotatable bonds is 4. The highest BCUT2D eigenvalue weighted by Gasteiger charge is 2.22. The molecule has 2 aliphatic heterocycles. The molecule has 29 heavy (non-hydrogen) atoms. The summed E-state index contributed by atoms with van der Waals surface area (Å²) >= 11 is 6.10. The Balaban J connectivity index is 1.58. The largest absolute Gasteiger partial charge is 0.454 e. The summed E-state index contributed by atoms with van der Waals surface area (Å²) in [6.45, 7) is 3.25. The SMILES string of the molecule is OCC1CCCN(Cc2cc3cc4c(cc3nc2-c2ccc(Cl)cc2)OCO4)C1. The number of halogens is 1. The fraction of sp³-hybridized carbons (Fsp3) is 0.348. The summed E-state index contributed by atoms with van der Waals surface area (Å²) in [5.41, 5.74) is 4.05. The van der Waals surface area contributed by atoms with Crippen LogP contribution in [0.25, 0.3) is 22.2 Å². The second kappa shape index (κ2) is 7.82. The third-order valence-electron chi connectivity index (χ3n) is 5.76. The lowest BCUT2D eigenvalue weighted by Gasteiger charge is -2.32. The Morgan fingerprint density at radius 2 is 1.90 bits per heavy atom. The average Bonchev–Trinajstić information content (AvgIpc) is 3.20. The minimum atomic E-state index is 0.249. The van der Waals surface area contributed by atoms with E-state index in [9.17, 15) is 5.11 Å². The molecule has 0 saturated carbocycles. The quantitative estimate of drug-likeness (QED) is 0.686. The van der Waals surface area contributed by atoms with Gasteiger partial charge in [0.1, 0.15) is 0 Å². The number of nitrogens with zero attached hydrogens (tertiary/aromatic N) is 2. The first-order valence-corrected chi connectivity index (χ1v) is 10.4. The molecule has 5 nitrogen and oxygen atoms in total. The van der Waals surface area contributed by atoms with Crippen LogP contribution in [0.1, 0.15) is 18.4 Å². The van der Waals surface area contributed by atoms with Crippen molar-refractivity contribution in [1.82, 2.24) is 9.88 Å². The highest BCUT2D eigenvalue weighted by atomic mass is 35.5. The molecule has 3 heterocycles. The van der Waals surface area contributed by atoms with Gasteiger partial charge >= 0.3 is 0 Å². The number of likely N-dealkylation sites (tertiary alicyclic amines) is 1. The predicted molar refractivity (Wildman–Crippen MR) is 113 cm³/mol. The van der Waals surface area contributed by atoms with Crippen LogP contribution in [0.5, 0.6) is 11.5 Å². The van der Waals surface area contributed by atoms with E-state index in [4.69, 9.17) is 26.1 Å². The number of benzene rings is 2. The predicted octanol–water partition coefficient (Wildman–Crippen LogP) is 4.49. The maximum atomic E-state index is 9.59. The molecule has 2 aliphatic rings. The molecule has 1 atom stereocenters. The van der Waals surface area contributed by atoms with Gasteiger partial charge in [0.05, 0.1) is 11.2 Å². The summed E-state index contributed by atoms with van der Waals surface area (Å²) in [6, 6.07) is 14.0. The molecule has 2 aromatic carbocycles. The van der Waals surface area contributed by atoms with E-state index in [1.165, 1.54) is 0 Å². The van der Waals surface area contributed by atoms with Gasteiger partial charge in [0, 0.05) is 41.7 Å². The van der Waals surface area contributed by atoms with Crippen molar-refractivity contribution < 1.29 is 14.6 Å². The summed E-state index contributed by atoms with van der Waals surface area (Å²) < 4.78 is 11.1. The van der Waals surface area contributed by atoms with E-state index in [-0.39, 0.29) is 13.4 Å². The van der Waals surface area contributed by atoms with Crippen molar-refractivity contribution in [3.05, 3.63) is 53.1 Å². The van der Waals surface area contributed by atoms with Crippen LogP contribution in [0.2, 0.25) is 5.02 Å². The molecule has 0 aliphatic carbocycles. The molecule has 0 spiro atoms. The van der Waals surface area contributed by atoms with E-state index in [0.29, 0.717) is 10.9 Å². The number of aromatic nitrogens is 1. The van der Waals surface area contributed by atoms with Crippen LogP contribution >= 0.6 is 11.6 Å². The standard InChI is InChI=1S/C23H23ClN2O3/c24-19-5-3-16(4-6-19)23-18(12-26-7-1-2-15(11-26)13-27)8-17-9-21-22(29-14-28-21)10-20(17)25-23/h3-6,8-10,15,27H,1-2,7,11-14H2. The number of pyridine rings is 1. The first-order chi connectivity index (χ1) is 14.2. The van der Waals surface area contributed by atoms with Crippen LogP contribution < -0.4 is 9.47 Å². The van der Waals surface area contributed by atoms with Gasteiger partial charge in [-0.25, -0.2) is 4.98 Å². The Hall–Kier alpha value is -2.34. The molecule has 1 unspecified atom stereocenters. The molecular formula is C23H23ClN2O3. The Morgan fingerprint density at radius 3 is 2.69 bits per heavy atom. The fourth-order valence-electron chi connectivity index (χ4n) is 4.27. The number of ether oxygens (including phenoxy) is 2.